The highest BCUT2D eigenvalue weighted by Crippen LogP contribution is 2.25. The Morgan fingerprint density at radius 1 is 1.42 bits per heavy atom. The molecular weight excluding hydrogens is 219 g/mol. The van der Waals surface area contributed by atoms with E-state index in [0.29, 0.717) is 6.92 Å². The summed E-state index contributed by atoms with van der Waals surface area (Å²) in [7, 11) is 1.15. The fourth-order valence-corrected chi connectivity index (χ4v) is 1.25. The van der Waals surface area contributed by atoms with E-state index in [1.807, 2.05) is 0 Å². The lowest BCUT2D eigenvalue weighted by Crippen LogP contribution is -2.42. The van der Waals surface area contributed by atoms with Gasteiger partial charge in [0, 0.05) is 17.7 Å². The fraction of sp³-hybridized carbons (Fsp3) is 1.00. The van der Waals surface area contributed by atoms with Gasteiger partial charge in [-0.3, -0.25) is 0 Å². The van der Waals surface area contributed by atoms with E-state index in [1.54, 1.807) is 0 Å². The van der Waals surface area contributed by atoms with Gasteiger partial charge in [-0.2, -0.15) is 25.9 Å². The van der Waals surface area contributed by atoms with E-state index < -0.39 is 21.5 Å². The number of hydrogen-bond acceptors (Lipinski definition) is 2. The second-order valence-electron chi connectivity index (χ2n) is 2.18. The molecule has 8 heteroatoms. The monoisotopic (exact) mass is 225 g/mol. The predicted molar refractivity (Wildman–Crippen MR) is 38.1 cm³/mol. The molecule has 0 aromatic rings. The Labute approximate surface area is 72.7 Å². The van der Waals surface area contributed by atoms with E-state index in [9.17, 15) is 21.6 Å². The first-order valence-electron chi connectivity index (χ1n) is 2.81. The van der Waals surface area contributed by atoms with E-state index >= 15 is 0 Å². The maximum Gasteiger partial charge on any atom is 0.404 e. The number of halogens is 4. The van der Waals surface area contributed by atoms with Gasteiger partial charge >= 0.3 is 6.18 Å². The Kier molecular flexibility index (Phi) is 3.39. The number of hydrogen-bond donors (Lipinski definition) is 0. The van der Waals surface area contributed by atoms with Crippen LogP contribution in [0.1, 0.15) is 6.92 Å². The van der Waals surface area contributed by atoms with Gasteiger partial charge in [0.1, 0.15) is 6.04 Å². The van der Waals surface area contributed by atoms with Gasteiger partial charge in [0.25, 0.3) is 9.24 Å². The molecule has 0 saturated heterocycles. The lowest BCUT2D eigenvalue weighted by molar-refractivity contribution is -0.163. The zero-order chi connectivity index (χ0) is 10.2. The third-order valence-corrected chi connectivity index (χ3v) is 3.02. The average molecular weight is 226 g/mol. The smallest absolute Gasteiger partial charge is 0.195 e. The van der Waals surface area contributed by atoms with Gasteiger partial charge in [-0.05, 0) is 6.92 Å². The van der Waals surface area contributed by atoms with Gasteiger partial charge in [-0.25, -0.2) is 0 Å². The molecule has 0 heterocycles. The van der Waals surface area contributed by atoms with E-state index in [4.69, 9.17) is 0 Å². The number of nitrogens with zero attached hydrogens (tertiary/aromatic N) is 1. The standard InChI is InChI=1S/C4H7ClF3NO2S/c1-3(4(6,7)8)9(2)12(5,10)11/h3H,1-2H3/t3-/m0/s1. The van der Waals surface area contributed by atoms with Gasteiger partial charge < -0.3 is 0 Å². The molecule has 3 nitrogen and oxygen atoms in total. The van der Waals surface area contributed by atoms with Crippen LogP contribution in [0.15, 0.2) is 0 Å². The number of rotatable bonds is 2. The first-order chi connectivity index (χ1) is 5.07. The van der Waals surface area contributed by atoms with Crippen molar-refractivity contribution in [2.75, 3.05) is 7.05 Å². The molecule has 0 spiro atoms. The van der Waals surface area contributed by atoms with Crippen molar-refractivity contribution in [2.45, 2.75) is 19.1 Å². The van der Waals surface area contributed by atoms with E-state index in [1.165, 1.54) is 0 Å². The van der Waals surface area contributed by atoms with Crippen LogP contribution in [0.25, 0.3) is 0 Å². The minimum atomic E-state index is -4.60. The Balaban J connectivity index is 4.64. The zero-order valence-electron chi connectivity index (χ0n) is 6.26. The van der Waals surface area contributed by atoms with Gasteiger partial charge in [-0.15, -0.1) is 0 Å². The van der Waals surface area contributed by atoms with Crippen LogP contribution < -0.4 is 0 Å². The fourth-order valence-electron chi connectivity index (χ4n) is 0.395. The minimum absolute atomic E-state index is 0.0502. The second kappa shape index (κ2) is 3.39. The SMILES string of the molecule is C[C@H](N(C)S(=O)(=O)Cl)C(F)(F)F. The molecule has 0 saturated carbocycles. The molecular formula is C4H7ClF3NO2S. The van der Waals surface area contributed by atoms with Crippen LogP contribution in [-0.4, -0.2) is 32.0 Å². The molecule has 0 amide bonds. The van der Waals surface area contributed by atoms with E-state index in [-0.39, 0.29) is 4.31 Å². The lowest BCUT2D eigenvalue weighted by Gasteiger charge is -2.22. The van der Waals surface area contributed by atoms with Crippen LogP contribution in [0.4, 0.5) is 13.2 Å². The first kappa shape index (κ1) is 12.0. The molecule has 0 radical (unpaired) electrons. The third kappa shape index (κ3) is 3.16. The van der Waals surface area contributed by atoms with Crippen LogP contribution >= 0.6 is 10.7 Å². The summed E-state index contributed by atoms with van der Waals surface area (Å²) in [5, 5.41) is 0. The summed E-state index contributed by atoms with van der Waals surface area (Å²) in [4.78, 5) is 0. The maximum atomic E-state index is 11.9. The Bertz CT molecular complexity index is 250. The molecule has 0 rings (SSSR count). The maximum absolute atomic E-state index is 11.9. The quantitative estimate of drug-likeness (QED) is 0.666. The summed E-state index contributed by atoms with van der Waals surface area (Å²) in [5.41, 5.74) is 0. The Morgan fingerprint density at radius 2 is 1.75 bits per heavy atom. The second-order valence-corrected chi connectivity index (χ2v) is 4.75. The van der Waals surface area contributed by atoms with E-state index in [2.05, 4.69) is 10.7 Å². The van der Waals surface area contributed by atoms with Crippen molar-refractivity contribution < 1.29 is 21.6 Å². The normalized spacial score (nSPS) is 16.6. The van der Waals surface area contributed by atoms with Crippen molar-refractivity contribution in [3.8, 4) is 0 Å². The minimum Gasteiger partial charge on any atom is -0.195 e. The van der Waals surface area contributed by atoms with Gasteiger partial charge in [0.05, 0.1) is 0 Å². The molecule has 0 aromatic heterocycles. The summed E-state index contributed by atoms with van der Waals surface area (Å²) in [6.45, 7) is 0.708. The van der Waals surface area contributed by atoms with Crippen molar-refractivity contribution in [3.63, 3.8) is 0 Å². The first-order valence-corrected chi connectivity index (χ1v) is 5.07. The zero-order valence-corrected chi connectivity index (χ0v) is 7.83. The molecule has 0 fully saturated rings. The highest BCUT2D eigenvalue weighted by atomic mass is 35.7. The molecule has 0 unspecified atom stereocenters. The molecule has 0 bridgehead atoms. The van der Waals surface area contributed by atoms with E-state index in [0.717, 1.165) is 7.05 Å². The summed E-state index contributed by atoms with van der Waals surface area (Å²) < 4.78 is 56.5. The molecule has 0 aliphatic carbocycles. The molecule has 0 N–H and O–H groups in total. The molecule has 74 valence electrons. The third-order valence-electron chi connectivity index (χ3n) is 1.36. The average Bonchev–Trinajstić information content (AvgIpc) is 1.80. The molecule has 0 aromatic carbocycles. The van der Waals surface area contributed by atoms with Crippen molar-refractivity contribution >= 4 is 19.9 Å². The van der Waals surface area contributed by atoms with Crippen LogP contribution in [0, 0.1) is 0 Å². The van der Waals surface area contributed by atoms with Crippen LogP contribution in [0.3, 0.4) is 0 Å². The van der Waals surface area contributed by atoms with Crippen molar-refractivity contribution in [1.29, 1.82) is 0 Å². The van der Waals surface area contributed by atoms with Crippen molar-refractivity contribution in [2.24, 2.45) is 0 Å². The van der Waals surface area contributed by atoms with Crippen LogP contribution in [0.2, 0.25) is 0 Å². The van der Waals surface area contributed by atoms with Crippen LogP contribution in [-0.2, 0) is 9.24 Å². The largest absolute Gasteiger partial charge is 0.404 e. The van der Waals surface area contributed by atoms with Gasteiger partial charge in [0.2, 0.25) is 0 Å². The molecule has 0 aliphatic heterocycles. The van der Waals surface area contributed by atoms with Gasteiger partial charge in [0.15, 0.2) is 0 Å². The molecule has 0 aliphatic rings. The van der Waals surface area contributed by atoms with Crippen LogP contribution in [0.5, 0.6) is 0 Å². The highest BCUT2D eigenvalue weighted by molar-refractivity contribution is 8.11. The predicted octanol–water partition coefficient (Wildman–Crippen LogP) is 1.35. The Morgan fingerprint density at radius 3 is 1.83 bits per heavy atom. The molecule has 1 atom stereocenters. The lowest BCUT2D eigenvalue weighted by atomic mass is 10.3. The van der Waals surface area contributed by atoms with Gasteiger partial charge in [-0.1, -0.05) is 0 Å². The Hall–Kier alpha value is -0.0100. The van der Waals surface area contributed by atoms with Crippen molar-refractivity contribution in [3.05, 3.63) is 0 Å². The summed E-state index contributed by atoms with van der Waals surface area (Å²) in [6, 6.07) is -2.11. The topological polar surface area (TPSA) is 37.4 Å². The number of alkyl halides is 3. The highest BCUT2D eigenvalue weighted by Gasteiger charge is 2.42. The van der Waals surface area contributed by atoms with Crippen molar-refractivity contribution in [1.82, 2.24) is 4.31 Å². The summed E-state index contributed by atoms with van der Waals surface area (Å²) >= 11 is 0. The summed E-state index contributed by atoms with van der Waals surface area (Å²) in [6.07, 6.45) is -4.60. The summed E-state index contributed by atoms with van der Waals surface area (Å²) in [5.74, 6) is 0. The molecule has 12 heavy (non-hydrogen) atoms.